The molecule has 4 rings (SSSR count). The third kappa shape index (κ3) is 5.11. The molecule has 32 heavy (non-hydrogen) atoms. The summed E-state index contributed by atoms with van der Waals surface area (Å²) in [4.78, 5) is 4.83. The first-order valence-corrected chi connectivity index (χ1v) is 12.3. The van der Waals surface area contributed by atoms with Crippen LogP contribution in [0.15, 0.2) is 65.7 Å². The second-order valence-corrected chi connectivity index (χ2v) is 9.40. The normalized spacial score (nSPS) is 11.0. The van der Waals surface area contributed by atoms with E-state index < -0.39 is 0 Å². The average molecular weight is 463 g/mol. The van der Waals surface area contributed by atoms with Crippen LogP contribution in [-0.2, 0) is 18.9 Å². The van der Waals surface area contributed by atoms with Gasteiger partial charge in [0.2, 0.25) is 0 Å². The number of benzene rings is 2. The summed E-state index contributed by atoms with van der Waals surface area (Å²) in [7, 11) is 0. The summed E-state index contributed by atoms with van der Waals surface area (Å²) in [5.74, 6) is 2.39. The molecule has 0 bridgehead atoms. The van der Waals surface area contributed by atoms with Crippen molar-refractivity contribution in [3.05, 3.63) is 88.7 Å². The van der Waals surface area contributed by atoms with E-state index in [4.69, 9.17) is 9.72 Å². The molecule has 0 aliphatic rings. The van der Waals surface area contributed by atoms with Gasteiger partial charge in [0.1, 0.15) is 17.4 Å². The van der Waals surface area contributed by atoms with Gasteiger partial charge in [0.25, 0.3) is 0 Å². The van der Waals surface area contributed by atoms with Crippen molar-refractivity contribution in [1.82, 2.24) is 19.7 Å². The molecule has 0 N–H and O–H groups in total. The number of hydrogen-bond acceptors (Lipinski definition) is 6. The molecule has 0 saturated carbocycles. The molecule has 0 saturated heterocycles. The Hall–Kier alpha value is -2.90. The molecule has 0 unspecified atom stereocenters. The van der Waals surface area contributed by atoms with Gasteiger partial charge in [0.05, 0.1) is 5.69 Å². The third-order valence-electron chi connectivity index (χ3n) is 5.08. The number of thiazole rings is 1. The monoisotopic (exact) mass is 462 g/mol. The minimum atomic E-state index is 0.361. The van der Waals surface area contributed by atoms with E-state index in [0.717, 1.165) is 38.7 Å². The number of aromatic nitrogens is 4. The van der Waals surface area contributed by atoms with Crippen molar-refractivity contribution >= 4 is 23.1 Å². The molecule has 0 atom stereocenters. The van der Waals surface area contributed by atoms with Crippen LogP contribution in [0.25, 0.3) is 10.6 Å². The molecule has 0 amide bonds. The predicted octanol–water partition coefficient (Wildman–Crippen LogP) is 6.38. The fraction of sp³-hybridized carbons (Fsp3) is 0.240. The van der Waals surface area contributed by atoms with Gasteiger partial charge in [-0.1, -0.05) is 54.2 Å². The molecule has 0 spiro atoms. The highest BCUT2D eigenvalue weighted by Gasteiger charge is 2.14. The lowest BCUT2D eigenvalue weighted by Crippen LogP contribution is -2.08. The van der Waals surface area contributed by atoms with Gasteiger partial charge in [-0.3, -0.25) is 4.57 Å². The topological polar surface area (TPSA) is 52.8 Å². The van der Waals surface area contributed by atoms with E-state index in [2.05, 4.69) is 77.0 Å². The molecule has 0 radical (unpaired) electrons. The Morgan fingerprint density at radius 3 is 2.75 bits per heavy atom. The summed E-state index contributed by atoms with van der Waals surface area (Å²) in [5.41, 5.74) is 5.74. The van der Waals surface area contributed by atoms with Crippen LogP contribution in [0.5, 0.6) is 5.75 Å². The molecule has 2 aromatic heterocycles. The number of ether oxygens (including phenoxy) is 1. The fourth-order valence-electron chi connectivity index (χ4n) is 3.30. The number of allylic oxidation sites excluding steroid dienone is 1. The van der Waals surface area contributed by atoms with Crippen LogP contribution in [0.4, 0.5) is 0 Å². The maximum Gasteiger partial charge on any atom is 0.191 e. The standard InChI is InChI=1S/C25H26N4OS2/c1-5-12-29-23(14-30-22-13-17(2)10-11-19(22)4)27-28-25(29)32-16-20-15-31-24(26-20)21-9-7-6-8-18(21)3/h5-11,13,15H,1,12,14,16H2,2-4H3. The van der Waals surface area contributed by atoms with E-state index in [-0.39, 0.29) is 0 Å². The van der Waals surface area contributed by atoms with Crippen molar-refractivity contribution in [2.75, 3.05) is 0 Å². The molecule has 5 nitrogen and oxygen atoms in total. The van der Waals surface area contributed by atoms with E-state index in [1.807, 2.05) is 19.1 Å². The van der Waals surface area contributed by atoms with Crippen molar-refractivity contribution in [2.45, 2.75) is 44.8 Å². The number of rotatable bonds is 9. The first kappa shape index (κ1) is 22.3. The Morgan fingerprint density at radius 1 is 1.09 bits per heavy atom. The van der Waals surface area contributed by atoms with Crippen LogP contribution in [0.2, 0.25) is 0 Å². The minimum absolute atomic E-state index is 0.361. The van der Waals surface area contributed by atoms with Gasteiger partial charge in [-0.05, 0) is 43.5 Å². The highest BCUT2D eigenvalue weighted by molar-refractivity contribution is 7.98. The molecule has 164 valence electrons. The molecule has 0 aliphatic heterocycles. The Kier molecular flexibility index (Phi) is 7.07. The summed E-state index contributed by atoms with van der Waals surface area (Å²) in [5, 5.41) is 12.8. The highest BCUT2D eigenvalue weighted by atomic mass is 32.2. The third-order valence-corrected chi connectivity index (χ3v) is 7.01. The second-order valence-electron chi connectivity index (χ2n) is 7.60. The summed E-state index contributed by atoms with van der Waals surface area (Å²) < 4.78 is 8.11. The van der Waals surface area contributed by atoms with Crippen LogP contribution in [0, 0.1) is 20.8 Å². The predicted molar refractivity (Wildman–Crippen MR) is 132 cm³/mol. The first-order valence-electron chi connectivity index (χ1n) is 10.4. The quantitative estimate of drug-likeness (QED) is 0.213. The second kappa shape index (κ2) is 10.1. The van der Waals surface area contributed by atoms with Gasteiger partial charge in [-0.2, -0.15) is 0 Å². The van der Waals surface area contributed by atoms with E-state index in [1.54, 1.807) is 23.1 Å². The average Bonchev–Trinajstić information content (AvgIpc) is 3.41. The van der Waals surface area contributed by atoms with Crippen LogP contribution in [-0.4, -0.2) is 19.7 Å². The Morgan fingerprint density at radius 2 is 1.94 bits per heavy atom. The van der Waals surface area contributed by atoms with Gasteiger partial charge >= 0.3 is 0 Å². The maximum absolute atomic E-state index is 6.05. The van der Waals surface area contributed by atoms with Gasteiger partial charge in [-0.25, -0.2) is 4.98 Å². The van der Waals surface area contributed by atoms with Gasteiger partial charge in [0, 0.05) is 23.2 Å². The zero-order valence-corrected chi connectivity index (χ0v) is 20.2. The lowest BCUT2D eigenvalue weighted by Gasteiger charge is -2.11. The fourth-order valence-corrected chi connectivity index (χ4v) is 5.17. The molecule has 2 aromatic carbocycles. The van der Waals surface area contributed by atoms with Crippen molar-refractivity contribution in [2.24, 2.45) is 0 Å². The van der Waals surface area contributed by atoms with Crippen LogP contribution < -0.4 is 4.74 Å². The molecule has 4 aromatic rings. The smallest absolute Gasteiger partial charge is 0.191 e. The number of hydrogen-bond donors (Lipinski definition) is 0. The van der Waals surface area contributed by atoms with Crippen LogP contribution in [0.3, 0.4) is 0 Å². The zero-order chi connectivity index (χ0) is 22.5. The Labute approximate surface area is 197 Å². The molecule has 0 aliphatic carbocycles. The largest absolute Gasteiger partial charge is 0.485 e. The maximum atomic E-state index is 6.05. The highest BCUT2D eigenvalue weighted by Crippen LogP contribution is 2.29. The summed E-state index contributed by atoms with van der Waals surface area (Å²) in [6, 6.07) is 14.5. The molecular weight excluding hydrogens is 436 g/mol. The zero-order valence-electron chi connectivity index (χ0n) is 18.5. The van der Waals surface area contributed by atoms with Gasteiger partial charge in [-0.15, -0.1) is 28.1 Å². The Bertz CT molecular complexity index is 1230. The lowest BCUT2D eigenvalue weighted by molar-refractivity contribution is 0.287. The molecular formula is C25H26N4OS2. The first-order chi connectivity index (χ1) is 15.5. The summed E-state index contributed by atoms with van der Waals surface area (Å²) >= 11 is 3.31. The lowest BCUT2D eigenvalue weighted by atomic mass is 10.1. The SMILES string of the molecule is C=CCn1c(COc2cc(C)ccc2C)nnc1SCc1csc(-c2ccccc2C)n1. The Balaban J connectivity index is 1.45. The van der Waals surface area contributed by atoms with E-state index in [9.17, 15) is 0 Å². The van der Waals surface area contributed by atoms with E-state index >= 15 is 0 Å². The van der Waals surface area contributed by atoms with E-state index in [0.29, 0.717) is 13.2 Å². The van der Waals surface area contributed by atoms with Crippen molar-refractivity contribution in [3.63, 3.8) is 0 Å². The van der Waals surface area contributed by atoms with Crippen molar-refractivity contribution in [1.29, 1.82) is 0 Å². The van der Waals surface area contributed by atoms with Crippen LogP contribution >= 0.6 is 23.1 Å². The summed E-state index contributed by atoms with van der Waals surface area (Å²) in [6.45, 7) is 11.1. The number of nitrogens with zero attached hydrogens (tertiary/aromatic N) is 4. The molecule has 2 heterocycles. The number of thioether (sulfide) groups is 1. The molecule has 7 heteroatoms. The van der Waals surface area contributed by atoms with Gasteiger partial charge in [0.15, 0.2) is 11.0 Å². The number of aryl methyl sites for hydroxylation is 3. The van der Waals surface area contributed by atoms with Gasteiger partial charge < -0.3 is 4.74 Å². The minimum Gasteiger partial charge on any atom is -0.485 e. The van der Waals surface area contributed by atoms with Crippen molar-refractivity contribution < 1.29 is 4.74 Å². The van der Waals surface area contributed by atoms with Crippen molar-refractivity contribution in [3.8, 4) is 16.3 Å². The summed E-state index contributed by atoms with van der Waals surface area (Å²) in [6.07, 6.45) is 1.86. The molecule has 0 fully saturated rings. The van der Waals surface area contributed by atoms with Crippen LogP contribution in [0.1, 0.15) is 28.2 Å². The van der Waals surface area contributed by atoms with E-state index in [1.165, 1.54) is 16.7 Å².